The van der Waals surface area contributed by atoms with Crippen molar-refractivity contribution in [3.63, 3.8) is 0 Å². The average molecular weight is 350 g/mol. The highest BCUT2D eigenvalue weighted by molar-refractivity contribution is 7.99. The molecule has 0 saturated heterocycles. The van der Waals surface area contributed by atoms with Crippen LogP contribution >= 0.6 is 11.8 Å². The lowest BCUT2D eigenvalue weighted by Gasteiger charge is -1.98. The molecule has 1 aromatic heterocycles. The van der Waals surface area contributed by atoms with Gasteiger partial charge in [-0.2, -0.15) is 5.10 Å². The Kier molecular flexibility index (Phi) is 5.64. The Morgan fingerprint density at radius 2 is 1.96 bits per heavy atom. The van der Waals surface area contributed by atoms with Crippen molar-refractivity contribution in [2.24, 2.45) is 5.10 Å². The maximum atomic E-state index is 11.9. The standard InChI is InChI=1S/C19H18N4OS/c1-14(11-15-7-3-2-4-8-15)12-20-23-18(24)13-25-19-21-16-9-5-6-10-17(16)22-19/h2-12H,13H2,1H3,(H,21,22)(H,23,24)/b14-11-,20-12-. The highest BCUT2D eigenvalue weighted by Crippen LogP contribution is 2.18. The third-order valence-electron chi connectivity index (χ3n) is 3.36. The van der Waals surface area contributed by atoms with E-state index >= 15 is 0 Å². The van der Waals surface area contributed by atoms with Crippen molar-refractivity contribution in [1.82, 2.24) is 15.4 Å². The van der Waals surface area contributed by atoms with Gasteiger partial charge in [-0.1, -0.05) is 60.3 Å². The van der Waals surface area contributed by atoms with Gasteiger partial charge in [0.1, 0.15) is 0 Å². The molecule has 3 rings (SSSR count). The van der Waals surface area contributed by atoms with Crippen LogP contribution < -0.4 is 5.43 Å². The Balaban J connectivity index is 1.48. The summed E-state index contributed by atoms with van der Waals surface area (Å²) in [4.78, 5) is 19.5. The summed E-state index contributed by atoms with van der Waals surface area (Å²) in [6.45, 7) is 1.94. The summed E-state index contributed by atoms with van der Waals surface area (Å²) < 4.78 is 0. The molecule has 0 aliphatic heterocycles. The molecule has 1 amide bonds. The van der Waals surface area contributed by atoms with Gasteiger partial charge in [0.2, 0.25) is 0 Å². The van der Waals surface area contributed by atoms with E-state index in [1.807, 2.05) is 67.6 Å². The molecule has 0 aliphatic carbocycles. The molecular formula is C19H18N4OS. The Hall–Kier alpha value is -2.86. The third kappa shape index (κ3) is 5.06. The third-order valence-corrected chi connectivity index (χ3v) is 4.23. The molecule has 0 fully saturated rings. The topological polar surface area (TPSA) is 70.1 Å². The van der Waals surface area contributed by atoms with Gasteiger partial charge < -0.3 is 4.98 Å². The monoisotopic (exact) mass is 350 g/mol. The van der Waals surface area contributed by atoms with Crippen LogP contribution in [-0.2, 0) is 4.79 Å². The predicted molar refractivity (Wildman–Crippen MR) is 104 cm³/mol. The summed E-state index contributed by atoms with van der Waals surface area (Å²) in [7, 11) is 0. The van der Waals surface area contributed by atoms with Gasteiger partial charge in [0.05, 0.1) is 23.0 Å². The van der Waals surface area contributed by atoms with E-state index < -0.39 is 0 Å². The average Bonchev–Trinajstić information content (AvgIpc) is 3.04. The zero-order valence-corrected chi connectivity index (χ0v) is 14.6. The molecule has 0 unspecified atom stereocenters. The molecule has 0 spiro atoms. The number of H-pyrrole nitrogens is 1. The van der Waals surface area contributed by atoms with E-state index in [-0.39, 0.29) is 11.7 Å². The SMILES string of the molecule is CC(/C=N\NC(=O)CSc1nc2ccccc2[nH]1)=C/c1ccccc1. The number of allylic oxidation sites excluding steroid dienone is 1. The number of hydrogen-bond donors (Lipinski definition) is 2. The van der Waals surface area contributed by atoms with Crippen LogP contribution in [0.3, 0.4) is 0 Å². The summed E-state index contributed by atoms with van der Waals surface area (Å²) in [5.74, 6) is 0.0766. The molecule has 0 radical (unpaired) electrons. The van der Waals surface area contributed by atoms with E-state index in [1.54, 1.807) is 6.21 Å². The van der Waals surface area contributed by atoms with Gasteiger partial charge in [0.25, 0.3) is 5.91 Å². The normalized spacial score (nSPS) is 12.0. The lowest BCUT2D eigenvalue weighted by atomic mass is 10.1. The first-order valence-corrected chi connectivity index (χ1v) is 8.82. The first-order valence-electron chi connectivity index (χ1n) is 7.83. The number of amides is 1. The highest BCUT2D eigenvalue weighted by atomic mass is 32.2. The molecule has 0 atom stereocenters. The minimum absolute atomic E-state index is 0.172. The van der Waals surface area contributed by atoms with Crippen LogP contribution in [0.2, 0.25) is 0 Å². The molecule has 6 heteroatoms. The number of nitrogens with one attached hydrogen (secondary N) is 2. The van der Waals surface area contributed by atoms with E-state index in [2.05, 4.69) is 20.5 Å². The minimum Gasteiger partial charge on any atom is -0.333 e. The van der Waals surface area contributed by atoms with Gasteiger partial charge in [0, 0.05) is 0 Å². The van der Waals surface area contributed by atoms with E-state index in [0.29, 0.717) is 0 Å². The van der Waals surface area contributed by atoms with Crippen LogP contribution in [0.4, 0.5) is 0 Å². The van der Waals surface area contributed by atoms with Crippen LogP contribution in [0.5, 0.6) is 0 Å². The van der Waals surface area contributed by atoms with E-state index in [4.69, 9.17) is 0 Å². The number of nitrogens with zero attached hydrogens (tertiary/aromatic N) is 2. The Labute approximate surface area is 150 Å². The summed E-state index contributed by atoms with van der Waals surface area (Å²) in [5, 5.41) is 4.71. The molecular weight excluding hydrogens is 332 g/mol. The fraction of sp³-hybridized carbons (Fsp3) is 0.105. The van der Waals surface area contributed by atoms with Crippen molar-refractivity contribution in [3.05, 3.63) is 65.7 Å². The fourth-order valence-corrected chi connectivity index (χ4v) is 2.90. The summed E-state index contributed by atoms with van der Waals surface area (Å²) in [5.41, 5.74) is 6.44. The van der Waals surface area contributed by atoms with Gasteiger partial charge >= 0.3 is 0 Å². The van der Waals surface area contributed by atoms with E-state index in [1.165, 1.54) is 11.8 Å². The number of aromatic amines is 1. The van der Waals surface area contributed by atoms with Crippen LogP contribution in [0.25, 0.3) is 17.1 Å². The van der Waals surface area contributed by atoms with Crippen LogP contribution in [0, 0.1) is 0 Å². The molecule has 5 nitrogen and oxygen atoms in total. The second-order valence-corrected chi connectivity index (χ2v) is 6.40. The maximum absolute atomic E-state index is 11.9. The number of hydrogen-bond acceptors (Lipinski definition) is 4. The van der Waals surface area contributed by atoms with Crippen LogP contribution in [0.15, 0.2) is 70.4 Å². The number of fused-ring (bicyclic) bond motifs is 1. The highest BCUT2D eigenvalue weighted by Gasteiger charge is 2.06. The number of benzene rings is 2. The molecule has 2 aromatic carbocycles. The van der Waals surface area contributed by atoms with Gasteiger partial charge in [-0.15, -0.1) is 0 Å². The Morgan fingerprint density at radius 3 is 2.76 bits per heavy atom. The first kappa shape index (κ1) is 17.0. The van der Waals surface area contributed by atoms with Crippen molar-refractivity contribution in [1.29, 1.82) is 0 Å². The molecule has 1 heterocycles. The Morgan fingerprint density at radius 1 is 1.20 bits per heavy atom. The second-order valence-electron chi connectivity index (χ2n) is 5.44. The van der Waals surface area contributed by atoms with E-state index in [0.717, 1.165) is 27.3 Å². The fourth-order valence-electron chi connectivity index (χ4n) is 2.22. The smallest absolute Gasteiger partial charge is 0.250 e. The van der Waals surface area contributed by atoms with Gasteiger partial charge in [-0.3, -0.25) is 4.79 Å². The first-order chi connectivity index (χ1) is 12.2. The molecule has 0 aliphatic rings. The summed E-state index contributed by atoms with van der Waals surface area (Å²) in [6.07, 6.45) is 3.63. The number of para-hydroxylation sites is 2. The van der Waals surface area contributed by atoms with Crippen LogP contribution in [-0.4, -0.2) is 27.8 Å². The largest absolute Gasteiger partial charge is 0.333 e. The molecule has 25 heavy (non-hydrogen) atoms. The van der Waals surface area contributed by atoms with Crippen molar-refractivity contribution in [3.8, 4) is 0 Å². The second kappa shape index (κ2) is 8.30. The minimum atomic E-state index is -0.172. The zero-order chi connectivity index (χ0) is 17.5. The van der Waals surface area contributed by atoms with Gasteiger partial charge in [0.15, 0.2) is 5.16 Å². The molecule has 0 saturated carbocycles. The number of hydrazone groups is 1. The van der Waals surface area contributed by atoms with Crippen molar-refractivity contribution < 1.29 is 4.79 Å². The van der Waals surface area contributed by atoms with Crippen LogP contribution in [0.1, 0.15) is 12.5 Å². The number of carbonyl (C=O) groups is 1. The number of rotatable bonds is 6. The molecule has 3 aromatic rings. The zero-order valence-electron chi connectivity index (χ0n) is 13.8. The predicted octanol–water partition coefficient (Wildman–Crippen LogP) is 3.86. The number of imidazole rings is 1. The number of thioether (sulfide) groups is 1. The van der Waals surface area contributed by atoms with Crippen molar-refractivity contribution >= 4 is 41.0 Å². The molecule has 0 bridgehead atoms. The lowest BCUT2D eigenvalue weighted by molar-refractivity contribution is -0.118. The summed E-state index contributed by atoms with van der Waals surface area (Å²) in [6, 6.07) is 17.7. The molecule has 126 valence electrons. The quantitative estimate of drug-likeness (QED) is 0.403. The van der Waals surface area contributed by atoms with Gasteiger partial charge in [-0.25, -0.2) is 10.4 Å². The lowest BCUT2D eigenvalue weighted by Crippen LogP contribution is -2.19. The van der Waals surface area contributed by atoms with Crippen molar-refractivity contribution in [2.75, 3.05) is 5.75 Å². The number of carbonyl (C=O) groups excluding carboxylic acids is 1. The Bertz CT molecular complexity index is 882. The van der Waals surface area contributed by atoms with Crippen molar-refractivity contribution in [2.45, 2.75) is 12.1 Å². The maximum Gasteiger partial charge on any atom is 0.250 e. The van der Waals surface area contributed by atoms with E-state index in [9.17, 15) is 4.79 Å². The summed E-state index contributed by atoms with van der Waals surface area (Å²) >= 11 is 1.35. The molecule has 2 N–H and O–H groups in total. The number of aromatic nitrogens is 2. The van der Waals surface area contributed by atoms with Gasteiger partial charge in [-0.05, 0) is 30.2 Å².